The highest BCUT2D eigenvalue weighted by Crippen LogP contribution is 2.20. The number of nitrogens with zero attached hydrogens (tertiary/aromatic N) is 2. The predicted molar refractivity (Wildman–Crippen MR) is 86.5 cm³/mol. The van der Waals surface area contributed by atoms with E-state index >= 15 is 0 Å². The van der Waals surface area contributed by atoms with Gasteiger partial charge in [-0.3, -0.25) is 9.48 Å². The number of aryl methyl sites for hydroxylation is 4. The molecule has 1 aromatic heterocycles. The van der Waals surface area contributed by atoms with Crippen LogP contribution >= 0.6 is 11.6 Å². The van der Waals surface area contributed by atoms with E-state index in [0.29, 0.717) is 5.15 Å². The molecule has 0 saturated carbocycles. The molecule has 0 saturated heterocycles. The number of carbonyl (C=O) groups is 1. The van der Waals surface area contributed by atoms with Crippen molar-refractivity contribution in [2.45, 2.75) is 20.8 Å². The van der Waals surface area contributed by atoms with Crippen LogP contribution in [-0.2, 0) is 11.8 Å². The van der Waals surface area contributed by atoms with Gasteiger partial charge in [0.05, 0.1) is 5.69 Å². The van der Waals surface area contributed by atoms with Crippen LogP contribution in [0.5, 0.6) is 0 Å². The molecule has 0 bridgehead atoms. The van der Waals surface area contributed by atoms with E-state index in [2.05, 4.69) is 10.4 Å². The van der Waals surface area contributed by atoms with Crippen LogP contribution in [0, 0.1) is 20.8 Å². The molecule has 0 aliphatic carbocycles. The van der Waals surface area contributed by atoms with Gasteiger partial charge in [0.25, 0.3) is 0 Å². The van der Waals surface area contributed by atoms with Crippen LogP contribution in [0.25, 0.3) is 6.08 Å². The number of aromatic nitrogens is 2. The zero-order chi connectivity index (χ0) is 15.6. The highest BCUT2D eigenvalue weighted by atomic mass is 35.5. The zero-order valence-corrected chi connectivity index (χ0v) is 13.3. The normalized spacial score (nSPS) is 11.1. The number of anilines is 1. The standard InChI is InChI=1S/C16H18ClN3O/c1-10-5-7-14(11(2)9-10)18-15(21)8-6-13-12(3)19-20(4)16(13)17/h5-9H,1-4H3,(H,18,21)/b8-6+. The predicted octanol–water partition coefficient (Wildman–Crippen LogP) is 3.65. The van der Waals surface area contributed by atoms with Crippen LogP contribution in [0.1, 0.15) is 22.4 Å². The Labute approximate surface area is 129 Å². The Balaban J connectivity index is 2.13. The first-order chi connectivity index (χ1) is 9.88. The van der Waals surface area contributed by atoms with Crippen LogP contribution in [0.4, 0.5) is 5.69 Å². The lowest BCUT2D eigenvalue weighted by molar-refractivity contribution is -0.111. The second kappa shape index (κ2) is 6.14. The van der Waals surface area contributed by atoms with Crippen LogP contribution < -0.4 is 5.32 Å². The third-order valence-corrected chi connectivity index (χ3v) is 3.69. The third-order valence-electron chi connectivity index (χ3n) is 3.24. The number of amides is 1. The molecule has 0 aliphatic heterocycles. The molecule has 2 aromatic rings. The number of hydrogen-bond acceptors (Lipinski definition) is 2. The summed E-state index contributed by atoms with van der Waals surface area (Å²) in [6.45, 7) is 5.84. The monoisotopic (exact) mass is 303 g/mol. The lowest BCUT2D eigenvalue weighted by Crippen LogP contribution is -2.09. The summed E-state index contributed by atoms with van der Waals surface area (Å²) in [6, 6.07) is 5.90. The van der Waals surface area contributed by atoms with Crippen molar-refractivity contribution in [3.63, 3.8) is 0 Å². The van der Waals surface area contributed by atoms with Crippen molar-refractivity contribution < 1.29 is 4.79 Å². The average Bonchev–Trinajstić information content (AvgIpc) is 2.65. The fraction of sp³-hybridized carbons (Fsp3) is 0.250. The molecule has 0 spiro atoms. The highest BCUT2D eigenvalue weighted by Gasteiger charge is 2.08. The molecule has 0 fully saturated rings. The Morgan fingerprint density at radius 3 is 2.62 bits per heavy atom. The molecule has 21 heavy (non-hydrogen) atoms. The van der Waals surface area contributed by atoms with Gasteiger partial charge >= 0.3 is 0 Å². The quantitative estimate of drug-likeness (QED) is 0.880. The van der Waals surface area contributed by atoms with E-state index in [9.17, 15) is 4.79 Å². The van der Waals surface area contributed by atoms with Gasteiger partial charge in [0, 0.05) is 24.4 Å². The van der Waals surface area contributed by atoms with Crippen LogP contribution in [0.2, 0.25) is 5.15 Å². The maximum atomic E-state index is 12.0. The number of hydrogen-bond donors (Lipinski definition) is 1. The van der Waals surface area contributed by atoms with Gasteiger partial charge in [-0.2, -0.15) is 5.10 Å². The summed E-state index contributed by atoms with van der Waals surface area (Å²) < 4.78 is 1.58. The minimum Gasteiger partial charge on any atom is -0.322 e. The largest absolute Gasteiger partial charge is 0.322 e. The summed E-state index contributed by atoms with van der Waals surface area (Å²) in [7, 11) is 1.77. The maximum Gasteiger partial charge on any atom is 0.248 e. The Kier molecular flexibility index (Phi) is 4.48. The molecule has 4 nitrogen and oxygen atoms in total. The van der Waals surface area contributed by atoms with Crippen LogP contribution in [0.15, 0.2) is 24.3 Å². The minimum atomic E-state index is -0.193. The van der Waals surface area contributed by atoms with Crippen molar-refractivity contribution in [2.75, 3.05) is 5.32 Å². The van der Waals surface area contributed by atoms with Crippen molar-refractivity contribution >= 4 is 29.3 Å². The number of halogens is 1. The average molecular weight is 304 g/mol. The van der Waals surface area contributed by atoms with E-state index in [-0.39, 0.29) is 5.91 Å². The third kappa shape index (κ3) is 3.52. The fourth-order valence-electron chi connectivity index (χ4n) is 2.12. The summed E-state index contributed by atoms with van der Waals surface area (Å²) in [5, 5.41) is 7.57. The Morgan fingerprint density at radius 1 is 1.33 bits per heavy atom. The van der Waals surface area contributed by atoms with Crippen molar-refractivity contribution in [2.24, 2.45) is 7.05 Å². The number of nitrogens with one attached hydrogen (secondary N) is 1. The molecule has 1 heterocycles. The van der Waals surface area contributed by atoms with Crippen molar-refractivity contribution in [1.82, 2.24) is 9.78 Å². The Bertz CT molecular complexity index is 717. The van der Waals surface area contributed by atoms with Crippen molar-refractivity contribution in [3.05, 3.63) is 51.8 Å². The van der Waals surface area contributed by atoms with E-state index in [4.69, 9.17) is 11.6 Å². The summed E-state index contributed by atoms with van der Waals surface area (Å²) in [5.74, 6) is -0.193. The molecule has 1 aromatic carbocycles. The lowest BCUT2D eigenvalue weighted by atomic mass is 10.1. The molecule has 110 valence electrons. The van der Waals surface area contributed by atoms with Gasteiger partial charge in [0.2, 0.25) is 5.91 Å². The Hall–Kier alpha value is -2.07. The Morgan fingerprint density at radius 2 is 2.05 bits per heavy atom. The molecule has 0 radical (unpaired) electrons. The van der Waals surface area contributed by atoms with Crippen LogP contribution in [0.3, 0.4) is 0 Å². The second-order valence-electron chi connectivity index (χ2n) is 5.05. The highest BCUT2D eigenvalue weighted by molar-refractivity contribution is 6.31. The van der Waals surface area contributed by atoms with Gasteiger partial charge in [-0.05, 0) is 38.5 Å². The minimum absolute atomic E-state index is 0.193. The van der Waals surface area contributed by atoms with Crippen LogP contribution in [-0.4, -0.2) is 15.7 Å². The molecule has 0 unspecified atom stereocenters. The SMILES string of the molecule is Cc1ccc(NC(=O)/C=C/c2c(C)nn(C)c2Cl)c(C)c1. The van der Waals surface area contributed by atoms with Gasteiger partial charge in [-0.25, -0.2) is 0 Å². The summed E-state index contributed by atoms with van der Waals surface area (Å²) in [4.78, 5) is 12.0. The van der Waals surface area contributed by atoms with E-state index in [1.54, 1.807) is 17.8 Å². The van der Waals surface area contributed by atoms with Gasteiger partial charge in [0.15, 0.2) is 0 Å². The first kappa shape index (κ1) is 15.3. The summed E-state index contributed by atoms with van der Waals surface area (Å²) >= 11 is 6.12. The maximum absolute atomic E-state index is 12.0. The zero-order valence-electron chi connectivity index (χ0n) is 12.6. The van der Waals surface area contributed by atoms with E-state index in [0.717, 1.165) is 22.5 Å². The van der Waals surface area contributed by atoms with Gasteiger partial charge in [0.1, 0.15) is 5.15 Å². The van der Waals surface area contributed by atoms with E-state index in [1.165, 1.54) is 11.6 Å². The molecular weight excluding hydrogens is 286 g/mol. The molecule has 1 N–H and O–H groups in total. The molecule has 5 heteroatoms. The topological polar surface area (TPSA) is 46.9 Å². The summed E-state index contributed by atoms with van der Waals surface area (Å²) in [5.41, 5.74) is 4.56. The first-order valence-electron chi connectivity index (χ1n) is 6.64. The number of benzene rings is 1. The second-order valence-corrected chi connectivity index (χ2v) is 5.41. The van der Waals surface area contributed by atoms with E-state index < -0.39 is 0 Å². The number of carbonyl (C=O) groups excluding carboxylic acids is 1. The molecule has 2 rings (SSSR count). The molecular formula is C16H18ClN3O. The lowest BCUT2D eigenvalue weighted by Gasteiger charge is -2.06. The van der Waals surface area contributed by atoms with Crippen molar-refractivity contribution in [1.29, 1.82) is 0 Å². The van der Waals surface area contributed by atoms with Crippen molar-refractivity contribution in [3.8, 4) is 0 Å². The smallest absolute Gasteiger partial charge is 0.248 e. The van der Waals surface area contributed by atoms with Gasteiger partial charge in [-0.1, -0.05) is 29.3 Å². The number of rotatable bonds is 3. The van der Waals surface area contributed by atoms with Gasteiger partial charge < -0.3 is 5.32 Å². The molecule has 0 aliphatic rings. The molecule has 1 amide bonds. The van der Waals surface area contributed by atoms with Gasteiger partial charge in [-0.15, -0.1) is 0 Å². The molecule has 0 atom stereocenters. The summed E-state index contributed by atoms with van der Waals surface area (Å²) in [6.07, 6.45) is 3.15. The first-order valence-corrected chi connectivity index (χ1v) is 7.01. The van der Waals surface area contributed by atoms with E-state index in [1.807, 2.05) is 39.0 Å². The fourth-order valence-corrected chi connectivity index (χ4v) is 2.36.